The smallest absolute Gasteiger partial charge is 0.261 e. The number of aromatic amines is 1. The fraction of sp³-hybridized carbons (Fsp3) is 0.412. The van der Waals surface area contributed by atoms with E-state index in [1.54, 1.807) is 0 Å². The van der Waals surface area contributed by atoms with E-state index in [-0.39, 0.29) is 17.5 Å². The Morgan fingerprint density at radius 2 is 2.26 bits per heavy atom. The monoisotopic (exact) mass is 318 g/mol. The number of benzene rings is 1. The average molecular weight is 318 g/mol. The number of hydrogen-bond acceptors (Lipinski definition) is 3. The van der Waals surface area contributed by atoms with Crippen LogP contribution < -0.4 is 10.9 Å². The lowest BCUT2D eigenvalue weighted by Crippen LogP contribution is -2.42. The molecule has 1 aromatic carbocycles. The predicted octanol–water partition coefficient (Wildman–Crippen LogP) is 2.21. The van der Waals surface area contributed by atoms with Crippen molar-refractivity contribution in [3.8, 4) is 0 Å². The number of amides is 1. The van der Waals surface area contributed by atoms with Crippen molar-refractivity contribution < 1.29 is 13.9 Å². The second kappa shape index (κ2) is 6.50. The van der Waals surface area contributed by atoms with Crippen LogP contribution in [0, 0.1) is 11.7 Å². The number of rotatable bonds is 3. The Labute approximate surface area is 132 Å². The molecule has 3 rings (SSSR count). The van der Waals surface area contributed by atoms with Gasteiger partial charge in [0.25, 0.3) is 11.5 Å². The third-order valence-corrected chi connectivity index (χ3v) is 4.31. The van der Waals surface area contributed by atoms with Crippen LogP contribution in [0.15, 0.2) is 29.1 Å². The Kier molecular flexibility index (Phi) is 4.43. The standard InChI is InChI=1S/C17H19FN2O3/c1-10(11-3-2-6-23-9-11)19-16(21)14-8-12-7-13(18)4-5-15(12)20-17(14)22/h4-5,7-8,10-11H,2-3,6,9H2,1H3,(H,19,21)(H,20,22). The second-order valence-electron chi connectivity index (χ2n) is 5.98. The van der Waals surface area contributed by atoms with E-state index in [0.717, 1.165) is 19.4 Å². The number of carbonyl (C=O) groups is 1. The van der Waals surface area contributed by atoms with E-state index in [2.05, 4.69) is 10.3 Å². The molecule has 6 heteroatoms. The molecule has 1 amide bonds. The van der Waals surface area contributed by atoms with Crippen molar-refractivity contribution in [1.29, 1.82) is 0 Å². The first-order valence-electron chi connectivity index (χ1n) is 7.76. The Hall–Kier alpha value is -2.21. The van der Waals surface area contributed by atoms with Crippen molar-refractivity contribution in [3.63, 3.8) is 0 Å². The summed E-state index contributed by atoms with van der Waals surface area (Å²) in [6.45, 7) is 3.28. The first kappa shape index (κ1) is 15.7. The quantitative estimate of drug-likeness (QED) is 0.911. The van der Waals surface area contributed by atoms with Crippen molar-refractivity contribution in [2.24, 2.45) is 5.92 Å². The van der Waals surface area contributed by atoms with Gasteiger partial charge in [-0.25, -0.2) is 4.39 Å². The van der Waals surface area contributed by atoms with Crippen LogP contribution >= 0.6 is 0 Å². The molecule has 2 atom stereocenters. The van der Waals surface area contributed by atoms with Crippen molar-refractivity contribution in [2.45, 2.75) is 25.8 Å². The first-order chi connectivity index (χ1) is 11.0. The van der Waals surface area contributed by atoms with E-state index < -0.39 is 17.3 Å². The Balaban J connectivity index is 1.82. The van der Waals surface area contributed by atoms with E-state index in [1.807, 2.05) is 6.92 Å². The lowest BCUT2D eigenvalue weighted by Gasteiger charge is -2.28. The number of nitrogens with one attached hydrogen (secondary N) is 2. The van der Waals surface area contributed by atoms with Crippen LogP contribution in [0.5, 0.6) is 0 Å². The molecule has 0 saturated carbocycles. The van der Waals surface area contributed by atoms with Crippen LogP contribution in [0.2, 0.25) is 0 Å². The normalized spacial score (nSPS) is 19.5. The zero-order chi connectivity index (χ0) is 16.4. The molecule has 5 nitrogen and oxygen atoms in total. The summed E-state index contributed by atoms with van der Waals surface area (Å²) in [5, 5.41) is 3.34. The molecule has 0 aliphatic carbocycles. The fourth-order valence-electron chi connectivity index (χ4n) is 2.91. The molecule has 1 fully saturated rings. The van der Waals surface area contributed by atoms with Gasteiger partial charge >= 0.3 is 0 Å². The van der Waals surface area contributed by atoms with Crippen LogP contribution in [0.3, 0.4) is 0 Å². The molecule has 1 aromatic heterocycles. The van der Waals surface area contributed by atoms with Gasteiger partial charge in [0, 0.05) is 29.5 Å². The average Bonchev–Trinajstić information content (AvgIpc) is 2.55. The second-order valence-corrected chi connectivity index (χ2v) is 5.98. The highest BCUT2D eigenvalue weighted by molar-refractivity contribution is 5.97. The van der Waals surface area contributed by atoms with E-state index in [0.29, 0.717) is 17.5 Å². The number of carbonyl (C=O) groups excluding carboxylic acids is 1. The minimum atomic E-state index is -0.478. The zero-order valence-corrected chi connectivity index (χ0v) is 12.9. The molecular formula is C17H19FN2O3. The van der Waals surface area contributed by atoms with E-state index >= 15 is 0 Å². The molecule has 0 spiro atoms. The van der Waals surface area contributed by atoms with Crippen molar-refractivity contribution in [3.05, 3.63) is 46.0 Å². The van der Waals surface area contributed by atoms with Crippen LogP contribution in [0.4, 0.5) is 4.39 Å². The zero-order valence-electron chi connectivity index (χ0n) is 12.9. The Morgan fingerprint density at radius 1 is 1.43 bits per heavy atom. The molecule has 122 valence electrons. The minimum Gasteiger partial charge on any atom is -0.381 e. The Bertz CT molecular complexity index is 781. The molecular weight excluding hydrogens is 299 g/mol. The highest BCUT2D eigenvalue weighted by Crippen LogP contribution is 2.18. The lowest BCUT2D eigenvalue weighted by atomic mass is 9.95. The number of fused-ring (bicyclic) bond motifs is 1. The van der Waals surface area contributed by atoms with Crippen LogP contribution in [-0.4, -0.2) is 30.1 Å². The summed E-state index contributed by atoms with van der Waals surface area (Å²) in [6, 6.07) is 5.38. The summed E-state index contributed by atoms with van der Waals surface area (Å²) in [7, 11) is 0. The topological polar surface area (TPSA) is 71.2 Å². The van der Waals surface area contributed by atoms with Gasteiger partial charge in [0.1, 0.15) is 11.4 Å². The van der Waals surface area contributed by atoms with Gasteiger partial charge in [0.15, 0.2) is 0 Å². The summed E-state index contributed by atoms with van der Waals surface area (Å²) >= 11 is 0. The maximum atomic E-state index is 13.3. The number of H-pyrrole nitrogens is 1. The molecule has 23 heavy (non-hydrogen) atoms. The molecule has 2 unspecified atom stereocenters. The molecule has 0 radical (unpaired) electrons. The summed E-state index contributed by atoms with van der Waals surface area (Å²) in [6.07, 6.45) is 1.96. The minimum absolute atomic E-state index is 0.00771. The van der Waals surface area contributed by atoms with Gasteiger partial charge in [-0.3, -0.25) is 9.59 Å². The van der Waals surface area contributed by atoms with Crippen LogP contribution in [-0.2, 0) is 4.74 Å². The molecule has 2 aromatic rings. The molecule has 2 N–H and O–H groups in total. The Morgan fingerprint density at radius 3 is 3.00 bits per heavy atom. The molecule has 1 aliphatic heterocycles. The van der Waals surface area contributed by atoms with E-state index in [9.17, 15) is 14.0 Å². The maximum absolute atomic E-state index is 13.3. The van der Waals surface area contributed by atoms with Gasteiger partial charge < -0.3 is 15.0 Å². The highest BCUT2D eigenvalue weighted by Gasteiger charge is 2.23. The number of hydrogen-bond donors (Lipinski definition) is 2. The molecule has 1 saturated heterocycles. The van der Waals surface area contributed by atoms with Crippen LogP contribution in [0.25, 0.3) is 10.9 Å². The summed E-state index contributed by atoms with van der Waals surface area (Å²) in [4.78, 5) is 27.1. The summed E-state index contributed by atoms with van der Waals surface area (Å²) < 4.78 is 18.7. The number of pyridine rings is 1. The number of aromatic nitrogens is 1. The van der Waals surface area contributed by atoms with E-state index in [1.165, 1.54) is 24.3 Å². The molecule has 0 bridgehead atoms. The fourth-order valence-corrected chi connectivity index (χ4v) is 2.91. The van der Waals surface area contributed by atoms with Gasteiger partial charge in [-0.1, -0.05) is 0 Å². The van der Waals surface area contributed by atoms with Gasteiger partial charge in [-0.05, 0) is 44.0 Å². The largest absolute Gasteiger partial charge is 0.381 e. The van der Waals surface area contributed by atoms with Gasteiger partial charge in [0.2, 0.25) is 0 Å². The van der Waals surface area contributed by atoms with Crippen molar-refractivity contribution in [1.82, 2.24) is 10.3 Å². The maximum Gasteiger partial charge on any atom is 0.261 e. The first-order valence-corrected chi connectivity index (χ1v) is 7.76. The van der Waals surface area contributed by atoms with Gasteiger partial charge in [-0.15, -0.1) is 0 Å². The van der Waals surface area contributed by atoms with Crippen molar-refractivity contribution in [2.75, 3.05) is 13.2 Å². The molecule has 2 heterocycles. The lowest BCUT2D eigenvalue weighted by molar-refractivity contribution is 0.0409. The molecule has 1 aliphatic rings. The predicted molar refractivity (Wildman–Crippen MR) is 85.0 cm³/mol. The summed E-state index contributed by atoms with van der Waals surface area (Å²) in [5.41, 5.74) is 0.0158. The van der Waals surface area contributed by atoms with Gasteiger partial charge in [-0.2, -0.15) is 0 Å². The number of ether oxygens (including phenoxy) is 1. The third-order valence-electron chi connectivity index (χ3n) is 4.31. The van der Waals surface area contributed by atoms with Crippen LogP contribution in [0.1, 0.15) is 30.1 Å². The van der Waals surface area contributed by atoms with E-state index in [4.69, 9.17) is 4.74 Å². The summed E-state index contributed by atoms with van der Waals surface area (Å²) in [5.74, 6) is -0.621. The van der Waals surface area contributed by atoms with Crippen molar-refractivity contribution >= 4 is 16.8 Å². The third kappa shape index (κ3) is 3.42. The SMILES string of the molecule is CC(NC(=O)c1cc2cc(F)ccc2[nH]c1=O)C1CCCOC1. The highest BCUT2D eigenvalue weighted by atomic mass is 19.1. The number of halogens is 1. The van der Waals surface area contributed by atoms with Gasteiger partial charge in [0.05, 0.1) is 6.61 Å².